The van der Waals surface area contributed by atoms with Gasteiger partial charge in [0.2, 0.25) is 5.13 Å². The van der Waals surface area contributed by atoms with Crippen LogP contribution in [0.15, 0.2) is 54.9 Å². The largest absolute Gasteiger partial charge is 0.490 e. The molecule has 0 atom stereocenters. The summed E-state index contributed by atoms with van der Waals surface area (Å²) in [6.07, 6.45) is -1.69. The summed E-state index contributed by atoms with van der Waals surface area (Å²) in [5, 5.41) is 20.2. The number of carbonyl (C=O) groups excluding carboxylic acids is 1. The molecule has 1 amide bonds. The first-order chi connectivity index (χ1) is 19.1. The second-order valence-electron chi connectivity index (χ2n) is 8.45. The Balaban J connectivity index is 0.000000470. The predicted molar refractivity (Wildman–Crippen MR) is 145 cm³/mol. The third-order valence-corrected chi connectivity index (χ3v) is 6.98. The Bertz CT molecular complexity index is 1470. The number of nitrogens with zero attached hydrogens (tertiary/aromatic N) is 4. The number of fused-ring (bicyclic) bond motifs is 1. The van der Waals surface area contributed by atoms with Crippen molar-refractivity contribution in [3.63, 3.8) is 0 Å². The number of halogens is 4. The van der Waals surface area contributed by atoms with Crippen molar-refractivity contribution in [2.45, 2.75) is 6.18 Å². The van der Waals surface area contributed by atoms with Gasteiger partial charge in [0.25, 0.3) is 5.91 Å². The molecule has 0 unspecified atom stereocenters. The van der Waals surface area contributed by atoms with Gasteiger partial charge in [-0.1, -0.05) is 35.1 Å². The summed E-state index contributed by atoms with van der Waals surface area (Å²) in [5.41, 5.74) is 2.66. The molecule has 1 aliphatic heterocycles. The van der Waals surface area contributed by atoms with Gasteiger partial charge in [-0.05, 0) is 30.3 Å². The fourth-order valence-electron chi connectivity index (χ4n) is 3.69. The molecule has 0 aliphatic carbocycles. The number of thiazole rings is 1. The van der Waals surface area contributed by atoms with E-state index >= 15 is 0 Å². The molecule has 0 spiro atoms. The Morgan fingerprint density at radius 3 is 2.55 bits per heavy atom. The zero-order chi connectivity index (χ0) is 28.7. The van der Waals surface area contributed by atoms with Crippen molar-refractivity contribution < 1.29 is 32.6 Å². The van der Waals surface area contributed by atoms with Crippen LogP contribution in [0.25, 0.3) is 16.0 Å². The first-order valence-corrected chi connectivity index (χ1v) is 13.2. The maximum Gasteiger partial charge on any atom is 0.490 e. The minimum absolute atomic E-state index is 0.116. The van der Waals surface area contributed by atoms with Gasteiger partial charge in [-0.3, -0.25) is 9.69 Å². The van der Waals surface area contributed by atoms with E-state index in [-0.39, 0.29) is 5.91 Å². The zero-order valence-electron chi connectivity index (χ0n) is 20.8. The SMILES string of the molecule is O=C(NCCN1CCOCC1)c1cnc(-n2ncc3cc(Nc4ccccc4Cl)ccc32)s1.O=C(O)C(F)(F)F. The summed E-state index contributed by atoms with van der Waals surface area (Å²) in [5.74, 6) is -2.87. The molecule has 2 aromatic carbocycles. The van der Waals surface area contributed by atoms with Crippen LogP contribution in [0.4, 0.5) is 24.5 Å². The normalized spacial score (nSPS) is 13.9. The molecule has 1 aliphatic rings. The van der Waals surface area contributed by atoms with E-state index in [0.29, 0.717) is 21.6 Å². The highest BCUT2D eigenvalue weighted by atomic mass is 35.5. The Morgan fingerprint density at radius 1 is 1.12 bits per heavy atom. The van der Waals surface area contributed by atoms with Crippen LogP contribution in [0.2, 0.25) is 5.02 Å². The molecule has 3 heterocycles. The summed E-state index contributed by atoms with van der Waals surface area (Å²) >= 11 is 7.57. The number of aliphatic carboxylic acids is 1. The monoisotopic (exact) mass is 596 g/mol. The predicted octanol–water partition coefficient (Wildman–Crippen LogP) is 4.57. The summed E-state index contributed by atoms with van der Waals surface area (Å²) in [7, 11) is 0. The maximum atomic E-state index is 12.5. The van der Waals surface area contributed by atoms with Crippen molar-refractivity contribution in [2.24, 2.45) is 0 Å². The molecule has 5 rings (SSSR count). The van der Waals surface area contributed by atoms with E-state index in [2.05, 4.69) is 25.6 Å². The molecule has 15 heteroatoms. The topological polar surface area (TPSA) is 122 Å². The number of amides is 1. The highest BCUT2D eigenvalue weighted by molar-refractivity contribution is 7.16. The summed E-state index contributed by atoms with van der Waals surface area (Å²) in [4.78, 5) is 28.7. The van der Waals surface area contributed by atoms with Crippen molar-refractivity contribution in [1.29, 1.82) is 0 Å². The number of anilines is 2. The van der Waals surface area contributed by atoms with Gasteiger partial charge in [0.1, 0.15) is 4.88 Å². The quantitative estimate of drug-likeness (QED) is 0.284. The van der Waals surface area contributed by atoms with E-state index < -0.39 is 12.1 Å². The number of alkyl halides is 3. The molecule has 10 nitrogen and oxygen atoms in total. The first kappa shape index (κ1) is 29.3. The van der Waals surface area contributed by atoms with Gasteiger partial charge in [0.05, 0.1) is 41.8 Å². The highest BCUT2D eigenvalue weighted by Gasteiger charge is 2.38. The molecule has 1 fully saturated rings. The van der Waals surface area contributed by atoms with Crippen LogP contribution in [0.5, 0.6) is 0 Å². The Hall–Kier alpha value is -3.72. The van der Waals surface area contributed by atoms with E-state index in [4.69, 9.17) is 26.2 Å². The lowest BCUT2D eigenvalue weighted by molar-refractivity contribution is -0.192. The molecule has 3 N–H and O–H groups in total. The molecule has 212 valence electrons. The van der Waals surface area contributed by atoms with Gasteiger partial charge >= 0.3 is 12.1 Å². The molecule has 2 aromatic heterocycles. The van der Waals surface area contributed by atoms with Crippen LogP contribution in [-0.2, 0) is 9.53 Å². The molecule has 4 aromatic rings. The zero-order valence-corrected chi connectivity index (χ0v) is 22.4. The minimum atomic E-state index is -5.08. The lowest BCUT2D eigenvalue weighted by Crippen LogP contribution is -2.41. The fraction of sp³-hybridized carbons (Fsp3) is 0.280. The average Bonchev–Trinajstić information content (AvgIpc) is 3.58. The fourth-order valence-corrected chi connectivity index (χ4v) is 4.68. The number of hydrogen-bond acceptors (Lipinski definition) is 8. The van der Waals surface area contributed by atoms with Crippen molar-refractivity contribution in [3.05, 3.63) is 64.8 Å². The van der Waals surface area contributed by atoms with E-state index in [9.17, 15) is 18.0 Å². The summed E-state index contributed by atoms with van der Waals surface area (Å²) in [6, 6.07) is 13.6. The molecule has 1 saturated heterocycles. The minimum Gasteiger partial charge on any atom is -0.475 e. The summed E-state index contributed by atoms with van der Waals surface area (Å²) < 4.78 is 38.8. The van der Waals surface area contributed by atoms with E-state index in [1.54, 1.807) is 17.1 Å². The number of carboxylic acid groups (broad SMARTS) is 1. The van der Waals surface area contributed by atoms with Crippen molar-refractivity contribution in [1.82, 2.24) is 25.0 Å². The van der Waals surface area contributed by atoms with Gasteiger partial charge in [-0.25, -0.2) is 14.5 Å². The number of ether oxygens (including phenoxy) is 1. The van der Waals surface area contributed by atoms with Crippen LogP contribution in [0.3, 0.4) is 0 Å². The van der Waals surface area contributed by atoms with Crippen molar-refractivity contribution >= 4 is 57.1 Å². The third-order valence-electron chi connectivity index (χ3n) is 5.68. The Morgan fingerprint density at radius 2 is 1.85 bits per heavy atom. The Kier molecular flexibility index (Phi) is 9.58. The summed E-state index contributed by atoms with van der Waals surface area (Å²) in [6.45, 7) is 4.72. The average molecular weight is 597 g/mol. The molecule has 0 radical (unpaired) electrons. The Labute approximate surface area is 235 Å². The number of carbonyl (C=O) groups is 2. The number of aromatic nitrogens is 3. The van der Waals surface area contributed by atoms with E-state index in [1.807, 2.05) is 42.5 Å². The number of nitrogens with one attached hydrogen (secondary N) is 2. The third kappa shape index (κ3) is 7.69. The van der Waals surface area contributed by atoms with Crippen molar-refractivity contribution in [3.8, 4) is 5.13 Å². The lowest BCUT2D eigenvalue weighted by Gasteiger charge is -2.26. The number of hydrogen-bond donors (Lipinski definition) is 3. The van der Waals surface area contributed by atoms with Crippen LogP contribution in [0.1, 0.15) is 9.67 Å². The number of benzene rings is 2. The smallest absolute Gasteiger partial charge is 0.475 e. The maximum absolute atomic E-state index is 12.5. The first-order valence-electron chi connectivity index (χ1n) is 12.0. The van der Waals surface area contributed by atoms with Crippen LogP contribution in [-0.4, -0.2) is 82.2 Å². The van der Waals surface area contributed by atoms with Crippen LogP contribution in [0, 0.1) is 0 Å². The van der Waals surface area contributed by atoms with E-state index in [1.165, 1.54) is 11.3 Å². The number of morpholine rings is 1. The van der Waals surface area contributed by atoms with E-state index in [0.717, 1.165) is 55.1 Å². The van der Waals surface area contributed by atoms with Gasteiger partial charge in [0.15, 0.2) is 0 Å². The number of rotatable bonds is 7. The van der Waals surface area contributed by atoms with Gasteiger partial charge in [-0.2, -0.15) is 18.3 Å². The van der Waals surface area contributed by atoms with Crippen LogP contribution >= 0.6 is 22.9 Å². The second-order valence-corrected chi connectivity index (χ2v) is 9.87. The number of carboxylic acids is 1. The molecule has 0 saturated carbocycles. The molecule has 40 heavy (non-hydrogen) atoms. The van der Waals surface area contributed by atoms with Crippen molar-refractivity contribution in [2.75, 3.05) is 44.7 Å². The highest BCUT2D eigenvalue weighted by Crippen LogP contribution is 2.28. The lowest BCUT2D eigenvalue weighted by atomic mass is 10.2. The standard InChI is InChI=1S/C23H23ClN6O2S.C2HF3O2/c24-18-3-1-2-4-19(18)28-17-5-6-20-16(13-17)14-27-30(20)23-26-15-21(33-23)22(31)25-7-8-29-9-11-32-12-10-29;3-2(4,5)1(6)7/h1-6,13-15,28H,7-12H2,(H,25,31);(H,6,7). The van der Waals surface area contributed by atoms with Gasteiger partial charge in [-0.15, -0.1) is 0 Å². The number of para-hydroxylation sites is 1. The molecule has 0 bridgehead atoms. The van der Waals surface area contributed by atoms with Gasteiger partial charge < -0.3 is 20.5 Å². The van der Waals surface area contributed by atoms with Gasteiger partial charge in [0, 0.05) is 37.3 Å². The molecular formula is C25H24ClF3N6O4S. The van der Waals surface area contributed by atoms with Crippen LogP contribution < -0.4 is 10.6 Å². The second kappa shape index (κ2) is 13.1. The molecular weight excluding hydrogens is 573 g/mol.